The number of ether oxygens (including phenoxy) is 2. The summed E-state index contributed by atoms with van der Waals surface area (Å²) < 4.78 is 12.1. The highest BCUT2D eigenvalue weighted by Crippen LogP contribution is 2.40. The van der Waals surface area contributed by atoms with Gasteiger partial charge in [-0.1, -0.05) is 18.2 Å². The highest BCUT2D eigenvalue weighted by molar-refractivity contribution is 6.00. The fraction of sp³-hybridized carbons (Fsp3) is 0.174. The van der Waals surface area contributed by atoms with Gasteiger partial charge in [0.15, 0.2) is 5.78 Å². The van der Waals surface area contributed by atoms with E-state index < -0.39 is 0 Å². The Morgan fingerprint density at radius 1 is 1.18 bits per heavy atom. The summed E-state index contributed by atoms with van der Waals surface area (Å²) >= 11 is 0. The van der Waals surface area contributed by atoms with E-state index in [-0.39, 0.29) is 18.3 Å². The predicted molar refractivity (Wildman–Crippen MR) is 103 cm³/mol. The quantitative estimate of drug-likeness (QED) is 0.674. The molecular weight excluding hydrogens is 352 g/mol. The molecule has 0 radical (unpaired) electrons. The molecule has 2 aromatic carbocycles. The lowest BCUT2D eigenvalue weighted by Crippen LogP contribution is -2.21. The monoisotopic (exact) mass is 370 g/mol. The van der Waals surface area contributed by atoms with E-state index in [0.29, 0.717) is 29.2 Å². The molecular formula is C23H18N2O3. The number of hydrogen-bond acceptors (Lipinski definition) is 5. The highest BCUT2D eigenvalue weighted by atomic mass is 16.5. The number of carbonyl (C=O) groups excluding carboxylic acids is 1. The van der Waals surface area contributed by atoms with Gasteiger partial charge in [0.05, 0.1) is 29.3 Å². The maximum atomic E-state index is 12.7. The maximum Gasteiger partial charge on any atom is 0.170 e. The van der Waals surface area contributed by atoms with Crippen LogP contribution in [0.4, 0.5) is 0 Å². The summed E-state index contributed by atoms with van der Waals surface area (Å²) in [6, 6.07) is 18.5. The first-order valence-electron chi connectivity index (χ1n) is 9.02. The van der Waals surface area contributed by atoms with Crippen molar-refractivity contribution in [2.45, 2.75) is 26.1 Å². The minimum atomic E-state index is -0.377. The van der Waals surface area contributed by atoms with E-state index >= 15 is 0 Å². The van der Waals surface area contributed by atoms with Crippen LogP contribution < -0.4 is 9.47 Å². The van der Waals surface area contributed by atoms with Crippen LogP contribution in [-0.2, 0) is 6.61 Å². The van der Waals surface area contributed by atoms with Crippen molar-refractivity contribution in [2.75, 3.05) is 0 Å². The van der Waals surface area contributed by atoms with Gasteiger partial charge in [0, 0.05) is 11.8 Å². The molecule has 28 heavy (non-hydrogen) atoms. The molecule has 3 aromatic rings. The van der Waals surface area contributed by atoms with Crippen LogP contribution in [0.25, 0.3) is 0 Å². The Hall–Kier alpha value is -3.65. The van der Waals surface area contributed by atoms with Crippen molar-refractivity contribution >= 4 is 5.78 Å². The molecule has 0 saturated carbocycles. The zero-order chi connectivity index (χ0) is 19.5. The number of carbonyl (C=O) groups is 1. The molecule has 0 spiro atoms. The first kappa shape index (κ1) is 17.7. The summed E-state index contributed by atoms with van der Waals surface area (Å²) in [7, 11) is 0. The molecule has 5 nitrogen and oxygen atoms in total. The van der Waals surface area contributed by atoms with Crippen LogP contribution >= 0.6 is 0 Å². The molecule has 0 N–H and O–H groups in total. The van der Waals surface area contributed by atoms with E-state index in [9.17, 15) is 4.79 Å². The third kappa shape index (κ3) is 3.45. The Balaban J connectivity index is 1.59. The van der Waals surface area contributed by atoms with Gasteiger partial charge in [-0.2, -0.15) is 5.26 Å². The lowest BCUT2D eigenvalue weighted by Gasteiger charge is -2.27. The number of nitrogens with zero attached hydrogens (tertiary/aromatic N) is 2. The second-order valence-corrected chi connectivity index (χ2v) is 6.64. The van der Waals surface area contributed by atoms with Crippen molar-refractivity contribution < 1.29 is 14.3 Å². The van der Waals surface area contributed by atoms with Crippen LogP contribution in [-0.4, -0.2) is 10.8 Å². The minimum Gasteiger partial charge on any atom is -0.487 e. The largest absolute Gasteiger partial charge is 0.487 e. The van der Waals surface area contributed by atoms with Gasteiger partial charge in [0.25, 0.3) is 0 Å². The van der Waals surface area contributed by atoms with Gasteiger partial charge in [0.2, 0.25) is 0 Å². The van der Waals surface area contributed by atoms with Crippen LogP contribution in [0.2, 0.25) is 0 Å². The molecule has 5 heteroatoms. The van der Waals surface area contributed by atoms with Gasteiger partial charge >= 0.3 is 0 Å². The fourth-order valence-corrected chi connectivity index (χ4v) is 3.26. The molecule has 1 aromatic heterocycles. The van der Waals surface area contributed by atoms with E-state index in [1.54, 1.807) is 30.5 Å². The number of Topliss-reactive ketones (excluding diaryl/α,β-unsaturated/α-hetero) is 1. The smallest absolute Gasteiger partial charge is 0.170 e. The first-order valence-corrected chi connectivity index (χ1v) is 9.02. The van der Waals surface area contributed by atoms with Gasteiger partial charge in [-0.15, -0.1) is 0 Å². The van der Waals surface area contributed by atoms with Gasteiger partial charge in [-0.3, -0.25) is 9.78 Å². The lowest BCUT2D eigenvalue weighted by molar-refractivity contribution is 0.0847. The van der Waals surface area contributed by atoms with Gasteiger partial charge in [-0.05, 0) is 48.9 Å². The Bertz CT molecular complexity index is 1050. The number of fused-ring (bicyclic) bond motifs is 1. The third-order valence-corrected chi connectivity index (χ3v) is 4.80. The molecule has 0 fully saturated rings. The molecule has 1 aliphatic heterocycles. The van der Waals surface area contributed by atoms with Crippen molar-refractivity contribution in [3.05, 3.63) is 88.7 Å². The maximum absolute atomic E-state index is 12.7. The zero-order valence-electron chi connectivity index (χ0n) is 15.4. The zero-order valence-corrected chi connectivity index (χ0v) is 15.4. The van der Waals surface area contributed by atoms with Crippen LogP contribution in [0.15, 0.2) is 60.8 Å². The molecule has 138 valence electrons. The average molecular weight is 370 g/mol. The van der Waals surface area contributed by atoms with Crippen LogP contribution in [0.5, 0.6) is 11.5 Å². The molecule has 1 atom stereocenters. The topological polar surface area (TPSA) is 72.2 Å². The van der Waals surface area contributed by atoms with E-state index in [1.165, 1.54) is 0 Å². The standard InChI is InChI=1S/C23H18N2O3/c1-15-21(27-14-18-4-2-3-11-25-18)10-9-19-20(26)12-22(28-23(15)19)17-7-5-16(13-24)6-8-17/h2-11,22H,12,14H2,1H3. The van der Waals surface area contributed by atoms with Gasteiger partial charge in [-0.25, -0.2) is 0 Å². The Morgan fingerprint density at radius 2 is 2.00 bits per heavy atom. The second kappa shape index (κ2) is 7.53. The number of pyridine rings is 1. The number of nitriles is 1. The molecule has 0 saturated heterocycles. The van der Waals surface area contributed by atoms with Gasteiger partial charge < -0.3 is 9.47 Å². The molecule has 1 aliphatic rings. The van der Waals surface area contributed by atoms with Crippen molar-refractivity contribution in [1.82, 2.24) is 4.98 Å². The molecule has 4 rings (SSSR count). The Labute approximate surface area is 163 Å². The van der Waals surface area contributed by atoms with Crippen LogP contribution in [0.3, 0.4) is 0 Å². The normalized spacial score (nSPS) is 15.3. The third-order valence-electron chi connectivity index (χ3n) is 4.80. The number of ketones is 1. The van der Waals surface area contributed by atoms with Crippen LogP contribution in [0.1, 0.15) is 45.3 Å². The van der Waals surface area contributed by atoms with Crippen molar-refractivity contribution in [3.63, 3.8) is 0 Å². The van der Waals surface area contributed by atoms with E-state index in [0.717, 1.165) is 16.8 Å². The molecule has 1 unspecified atom stereocenters. The SMILES string of the molecule is Cc1c(OCc2ccccn2)ccc2c1OC(c1ccc(C#N)cc1)CC2=O. The number of rotatable bonds is 4. The van der Waals surface area contributed by atoms with Crippen molar-refractivity contribution in [1.29, 1.82) is 5.26 Å². The Morgan fingerprint density at radius 3 is 2.71 bits per heavy atom. The van der Waals surface area contributed by atoms with Crippen molar-refractivity contribution in [2.24, 2.45) is 0 Å². The average Bonchev–Trinajstić information content (AvgIpc) is 2.74. The van der Waals surface area contributed by atoms with Gasteiger partial charge in [0.1, 0.15) is 24.2 Å². The Kier molecular flexibility index (Phi) is 4.77. The summed E-state index contributed by atoms with van der Waals surface area (Å²) in [5.41, 5.74) is 3.64. The summed E-state index contributed by atoms with van der Waals surface area (Å²) in [6.45, 7) is 2.23. The minimum absolute atomic E-state index is 0.0370. The summed E-state index contributed by atoms with van der Waals surface area (Å²) in [4.78, 5) is 16.9. The summed E-state index contributed by atoms with van der Waals surface area (Å²) in [5.74, 6) is 1.26. The van der Waals surface area contributed by atoms with Crippen LogP contribution in [0, 0.1) is 18.3 Å². The fourth-order valence-electron chi connectivity index (χ4n) is 3.26. The summed E-state index contributed by atoms with van der Waals surface area (Å²) in [6.07, 6.45) is 1.62. The predicted octanol–water partition coefficient (Wildman–Crippen LogP) is 4.55. The first-order chi connectivity index (χ1) is 13.7. The molecule has 0 amide bonds. The second-order valence-electron chi connectivity index (χ2n) is 6.64. The summed E-state index contributed by atoms with van der Waals surface area (Å²) in [5, 5.41) is 8.96. The molecule has 0 bridgehead atoms. The van der Waals surface area contributed by atoms with Crippen molar-refractivity contribution in [3.8, 4) is 17.6 Å². The lowest BCUT2D eigenvalue weighted by atomic mass is 9.94. The molecule has 2 heterocycles. The molecule has 0 aliphatic carbocycles. The number of aromatic nitrogens is 1. The van der Waals surface area contributed by atoms with E-state index in [4.69, 9.17) is 14.7 Å². The van der Waals surface area contributed by atoms with E-state index in [1.807, 2.05) is 37.3 Å². The highest BCUT2D eigenvalue weighted by Gasteiger charge is 2.30. The van der Waals surface area contributed by atoms with E-state index in [2.05, 4.69) is 11.1 Å². The number of hydrogen-bond donors (Lipinski definition) is 0. The number of benzene rings is 2.